The van der Waals surface area contributed by atoms with Gasteiger partial charge in [0.25, 0.3) is 11.8 Å². The van der Waals surface area contributed by atoms with Crippen LogP contribution in [0.3, 0.4) is 0 Å². The molecular formula is C29H27BrF3N5O5. The molecule has 0 radical (unpaired) electrons. The van der Waals surface area contributed by atoms with Gasteiger partial charge in [-0.25, -0.2) is 9.78 Å². The van der Waals surface area contributed by atoms with E-state index in [4.69, 9.17) is 0 Å². The van der Waals surface area contributed by atoms with Crippen LogP contribution in [-0.4, -0.2) is 56.9 Å². The summed E-state index contributed by atoms with van der Waals surface area (Å²) in [7, 11) is 1.15. The summed E-state index contributed by atoms with van der Waals surface area (Å²) in [6.45, 7) is 4.98. The quantitative estimate of drug-likeness (QED) is 0.231. The van der Waals surface area contributed by atoms with Crippen LogP contribution in [0.2, 0.25) is 0 Å². The van der Waals surface area contributed by atoms with E-state index in [1.807, 2.05) is 0 Å². The number of amides is 2. The monoisotopic (exact) mass is 661 g/mol. The van der Waals surface area contributed by atoms with E-state index < -0.39 is 41.8 Å². The van der Waals surface area contributed by atoms with Gasteiger partial charge < -0.3 is 20.5 Å². The van der Waals surface area contributed by atoms with Crippen molar-refractivity contribution in [2.75, 3.05) is 12.4 Å². The Morgan fingerprint density at radius 2 is 1.74 bits per heavy atom. The van der Waals surface area contributed by atoms with Crippen molar-refractivity contribution in [2.45, 2.75) is 45.6 Å². The van der Waals surface area contributed by atoms with Crippen LogP contribution < -0.4 is 10.6 Å². The van der Waals surface area contributed by atoms with Crippen LogP contribution in [0.25, 0.3) is 10.9 Å². The SMILES string of the molecule is COC(=O)[C@@H](NC(=O)c1ccc(Cn2nc(C)c(NC(=O)c3cc(C(F)(F)F)nc4ccc(Br)cc34)c2C)cc1)[C@@H](C)O. The number of nitrogens with zero attached hydrogens (tertiary/aromatic N) is 3. The molecule has 2 atom stereocenters. The highest BCUT2D eigenvalue weighted by atomic mass is 79.9. The van der Waals surface area contributed by atoms with Crippen molar-refractivity contribution in [3.63, 3.8) is 0 Å². The van der Waals surface area contributed by atoms with Crippen LogP contribution in [0.15, 0.2) is 53.0 Å². The zero-order chi connectivity index (χ0) is 31.6. The number of benzene rings is 2. The summed E-state index contributed by atoms with van der Waals surface area (Å²) >= 11 is 3.29. The number of esters is 1. The molecule has 43 heavy (non-hydrogen) atoms. The predicted molar refractivity (Wildman–Crippen MR) is 155 cm³/mol. The van der Waals surface area contributed by atoms with Gasteiger partial charge in [0.05, 0.1) is 47.9 Å². The maximum atomic E-state index is 13.5. The van der Waals surface area contributed by atoms with Crippen LogP contribution in [-0.2, 0) is 22.3 Å². The third-order valence-corrected chi connectivity index (χ3v) is 7.19. The summed E-state index contributed by atoms with van der Waals surface area (Å²) in [5.74, 6) is -2.11. The van der Waals surface area contributed by atoms with Gasteiger partial charge in [-0.05, 0) is 62.7 Å². The Bertz CT molecular complexity index is 1700. The normalized spacial score (nSPS) is 13.0. The standard InChI is InChI=1S/C29H27BrF3N5O5/c1-14-24(35-27(41)21-12-23(29(31,32)33)34-22-10-9-19(30)11-20(21)22)15(2)38(37-14)13-17-5-7-18(8-6-17)26(40)36-25(16(3)39)28(42)43-4/h5-12,16,25,39H,13H2,1-4H3,(H,35,41)(H,36,40)/t16-,25+/m1/s1. The summed E-state index contributed by atoms with van der Waals surface area (Å²) in [6, 6.07) is 10.4. The van der Waals surface area contributed by atoms with Crippen molar-refractivity contribution in [3.05, 3.63) is 86.8 Å². The molecule has 0 saturated carbocycles. The summed E-state index contributed by atoms with van der Waals surface area (Å²) < 4.78 is 47.4. The molecular weight excluding hydrogens is 635 g/mol. The van der Waals surface area contributed by atoms with Crippen molar-refractivity contribution >= 4 is 50.3 Å². The number of fused-ring (bicyclic) bond motifs is 1. The van der Waals surface area contributed by atoms with Crippen LogP contribution >= 0.6 is 15.9 Å². The smallest absolute Gasteiger partial charge is 0.433 e. The minimum absolute atomic E-state index is 0.0242. The number of carbonyl (C=O) groups excluding carboxylic acids is 3. The molecule has 4 rings (SSSR count). The lowest BCUT2D eigenvalue weighted by atomic mass is 10.1. The third-order valence-electron chi connectivity index (χ3n) is 6.70. The van der Waals surface area contributed by atoms with Gasteiger partial charge in [-0.2, -0.15) is 18.3 Å². The highest BCUT2D eigenvalue weighted by Gasteiger charge is 2.34. The van der Waals surface area contributed by atoms with Crippen molar-refractivity contribution in [3.8, 4) is 0 Å². The first-order valence-electron chi connectivity index (χ1n) is 12.9. The minimum Gasteiger partial charge on any atom is -0.467 e. The Kier molecular flexibility index (Phi) is 9.21. The molecule has 0 bridgehead atoms. The highest BCUT2D eigenvalue weighted by molar-refractivity contribution is 9.10. The molecule has 4 aromatic rings. The molecule has 0 aliphatic rings. The Morgan fingerprint density at radius 1 is 1.07 bits per heavy atom. The summed E-state index contributed by atoms with van der Waals surface area (Å²) in [5.41, 5.74) is 1.00. The second-order valence-corrected chi connectivity index (χ2v) is 10.7. The average Bonchev–Trinajstić information content (AvgIpc) is 3.21. The number of rotatable bonds is 8. The molecule has 2 aromatic carbocycles. The van der Waals surface area contributed by atoms with E-state index in [0.29, 0.717) is 21.5 Å². The first kappa shape index (κ1) is 31.6. The van der Waals surface area contributed by atoms with Gasteiger partial charge in [-0.15, -0.1) is 0 Å². The van der Waals surface area contributed by atoms with Crippen LogP contribution in [0.1, 0.15) is 50.3 Å². The third kappa shape index (κ3) is 7.03. The number of methoxy groups -OCH3 is 1. The van der Waals surface area contributed by atoms with Crippen molar-refractivity contribution < 1.29 is 37.4 Å². The van der Waals surface area contributed by atoms with E-state index in [1.54, 1.807) is 48.9 Å². The van der Waals surface area contributed by atoms with E-state index in [9.17, 15) is 32.7 Å². The Labute approximate surface area is 252 Å². The summed E-state index contributed by atoms with van der Waals surface area (Å²) in [5, 5.41) is 19.7. The molecule has 0 fully saturated rings. The maximum absolute atomic E-state index is 13.5. The van der Waals surface area contributed by atoms with Crippen molar-refractivity contribution in [1.29, 1.82) is 0 Å². The first-order chi connectivity index (χ1) is 20.2. The summed E-state index contributed by atoms with van der Waals surface area (Å²) in [4.78, 5) is 41.4. The zero-order valence-corrected chi connectivity index (χ0v) is 25.0. The van der Waals surface area contributed by atoms with Gasteiger partial charge in [0, 0.05) is 15.4 Å². The lowest BCUT2D eigenvalue weighted by Gasteiger charge is -2.19. The number of hydrogen-bond acceptors (Lipinski definition) is 7. The number of aliphatic hydroxyl groups excluding tert-OH is 1. The second kappa shape index (κ2) is 12.5. The number of anilines is 1. The molecule has 0 saturated heterocycles. The van der Waals surface area contributed by atoms with E-state index in [-0.39, 0.29) is 28.6 Å². The fourth-order valence-electron chi connectivity index (χ4n) is 4.41. The lowest BCUT2D eigenvalue weighted by Crippen LogP contribution is -2.48. The molecule has 14 heteroatoms. The number of aromatic nitrogens is 3. The molecule has 0 aliphatic heterocycles. The van der Waals surface area contributed by atoms with E-state index in [2.05, 4.69) is 41.4 Å². The number of alkyl halides is 3. The minimum atomic E-state index is -4.75. The van der Waals surface area contributed by atoms with Gasteiger partial charge in [0.2, 0.25) is 0 Å². The second-order valence-electron chi connectivity index (χ2n) is 9.78. The molecule has 3 N–H and O–H groups in total. The molecule has 2 aromatic heterocycles. The van der Waals surface area contributed by atoms with Crippen LogP contribution in [0.4, 0.5) is 18.9 Å². The molecule has 2 heterocycles. The van der Waals surface area contributed by atoms with E-state index in [1.165, 1.54) is 19.1 Å². The first-order valence-corrected chi connectivity index (χ1v) is 13.7. The number of ether oxygens (including phenoxy) is 1. The van der Waals surface area contributed by atoms with E-state index >= 15 is 0 Å². The van der Waals surface area contributed by atoms with Gasteiger partial charge in [0.1, 0.15) is 5.69 Å². The zero-order valence-electron chi connectivity index (χ0n) is 23.4. The molecule has 2 amide bonds. The fourth-order valence-corrected chi connectivity index (χ4v) is 4.77. The predicted octanol–water partition coefficient (Wildman–Crippen LogP) is 4.78. The van der Waals surface area contributed by atoms with Crippen LogP contribution in [0, 0.1) is 13.8 Å². The Morgan fingerprint density at radius 3 is 2.35 bits per heavy atom. The maximum Gasteiger partial charge on any atom is 0.433 e. The number of pyridine rings is 1. The van der Waals surface area contributed by atoms with Gasteiger partial charge in [-0.3, -0.25) is 14.3 Å². The number of nitrogens with one attached hydrogen (secondary N) is 2. The number of halogens is 4. The number of aryl methyl sites for hydroxylation is 1. The fraction of sp³-hybridized carbons (Fsp3) is 0.276. The average molecular weight is 662 g/mol. The van der Waals surface area contributed by atoms with Gasteiger partial charge >= 0.3 is 12.1 Å². The molecule has 0 aliphatic carbocycles. The lowest BCUT2D eigenvalue weighted by molar-refractivity contribution is -0.145. The van der Waals surface area contributed by atoms with Crippen molar-refractivity contribution in [2.24, 2.45) is 0 Å². The van der Waals surface area contributed by atoms with Crippen molar-refractivity contribution in [1.82, 2.24) is 20.1 Å². The Balaban J connectivity index is 1.55. The molecule has 10 nitrogen and oxygen atoms in total. The van der Waals surface area contributed by atoms with Crippen LogP contribution in [0.5, 0.6) is 0 Å². The largest absolute Gasteiger partial charge is 0.467 e. The number of hydrogen-bond donors (Lipinski definition) is 3. The van der Waals surface area contributed by atoms with Gasteiger partial charge in [-0.1, -0.05) is 28.1 Å². The molecule has 0 spiro atoms. The van der Waals surface area contributed by atoms with E-state index in [0.717, 1.165) is 18.7 Å². The Hall–Kier alpha value is -4.30. The number of aliphatic hydroxyl groups is 1. The topological polar surface area (TPSA) is 135 Å². The highest BCUT2D eigenvalue weighted by Crippen LogP contribution is 2.32. The summed E-state index contributed by atoms with van der Waals surface area (Å²) in [6.07, 6.45) is -5.91. The van der Waals surface area contributed by atoms with Gasteiger partial charge in [0.15, 0.2) is 6.04 Å². The number of carbonyl (C=O) groups is 3. The molecule has 0 unspecified atom stereocenters. The molecule has 226 valence electrons.